The molecule has 4 aromatic carbocycles. The van der Waals surface area contributed by atoms with Gasteiger partial charge in [0.2, 0.25) is 0 Å². The van der Waals surface area contributed by atoms with Crippen LogP contribution in [0.5, 0.6) is 17.2 Å². The van der Waals surface area contributed by atoms with Gasteiger partial charge >= 0.3 is 5.97 Å². The van der Waals surface area contributed by atoms with Gasteiger partial charge in [-0.05, 0) is 66.1 Å². The number of aromatic nitrogens is 1. The number of hydrogen-bond donors (Lipinski definition) is 0. The van der Waals surface area contributed by atoms with E-state index in [0.29, 0.717) is 49.5 Å². The summed E-state index contributed by atoms with van der Waals surface area (Å²) in [5.41, 5.74) is 3.60. The molecular formula is C37H31ClN2O6S. The number of carbonyl (C=O) groups excluding carboxylic acids is 1. The third-order valence-corrected chi connectivity index (χ3v) is 8.83. The Morgan fingerprint density at radius 3 is 2.34 bits per heavy atom. The molecule has 238 valence electrons. The van der Waals surface area contributed by atoms with Crippen LogP contribution in [-0.4, -0.2) is 31.4 Å². The Morgan fingerprint density at radius 2 is 1.66 bits per heavy atom. The standard InChI is InChI=1S/C37H31ClN2O6S/c1-4-45-36(42)32-33(25-8-6-5-7-9-25)39-37-40(34(32)26-14-19-29(43-2)30(21-26)44-3)35(41)31(47-37)20-23-12-17-28(18-13-23)46-22-24-10-15-27(38)16-11-24/h5-21,34H,4,22H2,1-3H3/b31-20-/t34-/m0/s1. The zero-order valence-corrected chi connectivity index (χ0v) is 27.5. The quantitative estimate of drug-likeness (QED) is 0.165. The first-order valence-corrected chi connectivity index (χ1v) is 16.1. The fourth-order valence-electron chi connectivity index (χ4n) is 5.34. The number of rotatable bonds is 10. The highest BCUT2D eigenvalue weighted by Crippen LogP contribution is 2.38. The van der Waals surface area contributed by atoms with Gasteiger partial charge in [-0.25, -0.2) is 9.79 Å². The van der Waals surface area contributed by atoms with E-state index in [4.69, 9.17) is 35.5 Å². The monoisotopic (exact) mass is 666 g/mol. The SMILES string of the molecule is CCOC(=O)C1=C(c2ccccc2)N=c2s/c(=C\c3ccc(OCc4ccc(Cl)cc4)cc3)c(=O)n2[C@H]1c1ccc(OC)c(OC)c1. The van der Waals surface area contributed by atoms with Gasteiger partial charge in [0, 0.05) is 10.6 Å². The number of fused-ring (bicyclic) bond motifs is 1. The molecule has 0 N–H and O–H groups in total. The first kappa shape index (κ1) is 31.8. The molecule has 47 heavy (non-hydrogen) atoms. The van der Waals surface area contributed by atoms with Gasteiger partial charge < -0.3 is 18.9 Å². The molecule has 0 bridgehead atoms. The van der Waals surface area contributed by atoms with Crippen LogP contribution >= 0.6 is 22.9 Å². The Hall–Kier alpha value is -5.12. The predicted octanol–water partition coefficient (Wildman–Crippen LogP) is 6.19. The summed E-state index contributed by atoms with van der Waals surface area (Å²) in [6.45, 7) is 2.31. The fourth-order valence-corrected chi connectivity index (χ4v) is 6.46. The second kappa shape index (κ2) is 14.1. The molecule has 0 saturated heterocycles. The molecule has 1 atom stereocenters. The average molecular weight is 667 g/mol. The number of nitrogens with zero attached hydrogens (tertiary/aromatic N) is 2. The zero-order chi connectivity index (χ0) is 32.9. The molecule has 5 aromatic rings. The van der Waals surface area contributed by atoms with E-state index in [9.17, 15) is 9.59 Å². The fraction of sp³-hybridized carbons (Fsp3) is 0.162. The summed E-state index contributed by atoms with van der Waals surface area (Å²) in [5.74, 6) is 1.12. The highest BCUT2D eigenvalue weighted by Gasteiger charge is 2.35. The van der Waals surface area contributed by atoms with Crippen LogP contribution in [-0.2, 0) is 16.1 Å². The van der Waals surface area contributed by atoms with E-state index in [0.717, 1.165) is 16.7 Å². The van der Waals surface area contributed by atoms with Crippen LogP contribution in [0.1, 0.15) is 35.2 Å². The molecule has 0 radical (unpaired) electrons. The molecule has 0 saturated carbocycles. The summed E-state index contributed by atoms with van der Waals surface area (Å²) < 4.78 is 24.6. The van der Waals surface area contributed by atoms with Crippen LogP contribution in [0.3, 0.4) is 0 Å². The van der Waals surface area contributed by atoms with Gasteiger partial charge in [-0.3, -0.25) is 9.36 Å². The van der Waals surface area contributed by atoms with Crippen molar-refractivity contribution in [2.45, 2.75) is 19.6 Å². The smallest absolute Gasteiger partial charge is 0.338 e. The average Bonchev–Trinajstić information content (AvgIpc) is 3.41. The van der Waals surface area contributed by atoms with Crippen molar-refractivity contribution in [3.63, 3.8) is 0 Å². The summed E-state index contributed by atoms with van der Waals surface area (Å²) in [7, 11) is 3.09. The van der Waals surface area contributed by atoms with Crippen molar-refractivity contribution >= 4 is 40.7 Å². The maximum atomic E-state index is 14.2. The van der Waals surface area contributed by atoms with Crippen LogP contribution < -0.4 is 29.1 Å². The van der Waals surface area contributed by atoms with Gasteiger partial charge in [0.1, 0.15) is 12.4 Å². The molecule has 10 heteroatoms. The molecule has 1 aliphatic rings. The van der Waals surface area contributed by atoms with Gasteiger partial charge in [0.25, 0.3) is 5.56 Å². The van der Waals surface area contributed by atoms with E-state index in [2.05, 4.69) is 0 Å². The summed E-state index contributed by atoms with van der Waals surface area (Å²) in [4.78, 5) is 33.3. The second-order valence-electron chi connectivity index (χ2n) is 10.5. The molecule has 0 aliphatic carbocycles. The Morgan fingerprint density at radius 1 is 0.936 bits per heavy atom. The minimum atomic E-state index is -0.842. The normalized spacial score (nSPS) is 14.3. The third-order valence-electron chi connectivity index (χ3n) is 7.59. The Bertz CT molecular complexity index is 2120. The van der Waals surface area contributed by atoms with Crippen molar-refractivity contribution in [3.8, 4) is 17.2 Å². The second-order valence-corrected chi connectivity index (χ2v) is 12.0. The number of methoxy groups -OCH3 is 2. The molecule has 6 rings (SSSR count). The first-order chi connectivity index (χ1) is 22.9. The van der Waals surface area contributed by atoms with Crippen LogP contribution in [0.25, 0.3) is 11.8 Å². The van der Waals surface area contributed by atoms with Crippen molar-refractivity contribution in [1.29, 1.82) is 0 Å². The van der Waals surface area contributed by atoms with Gasteiger partial charge in [-0.15, -0.1) is 0 Å². The molecular weight excluding hydrogens is 636 g/mol. The van der Waals surface area contributed by atoms with E-state index in [-0.39, 0.29) is 17.7 Å². The number of halogens is 1. The lowest BCUT2D eigenvalue weighted by atomic mass is 9.93. The summed E-state index contributed by atoms with van der Waals surface area (Å²) in [5, 5.41) is 0.673. The Kier molecular flexibility index (Phi) is 9.56. The Balaban J connectivity index is 1.46. The van der Waals surface area contributed by atoms with E-state index in [1.54, 1.807) is 37.8 Å². The lowest BCUT2D eigenvalue weighted by Gasteiger charge is -2.26. The van der Waals surface area contributed by atoms with Crippen LogP contribution in [0.2, 0.25) is 5.02 Å². The van der Waals surface area contributed by atoms with E-state index < -0.39 is 12.0 Å². The Labute approximate surface area is 280 Å². The summed E-state index contributed by atoms with van der Waals surface area (Å²) in [6.07, 6.45) is 1.81. The number of carbonyl (C=O) groups is 1. The molecule has 0 amide bonds. The zero-order valence-electron chi connectivity index (χ0n) is 25.9. The molecule has 2 heterocycles. The summed E-state index contributed by atoms with van der Waals surface area (Å²) in [6, 6.07) is 28.9. The lowest BCUT2D eigenvalue weighted by Crippen LogP contribution is -2.40. The van der Waals surface area contributed by atoms with Crippen LogP contribution in [0, 0.1) is 0 Å². The minimum absolute atomic E-state index is 0.160. The number of ether oxygens (including phenoxy) is 4. The molecule has 8 nitrogen and oxygen atoms in total. The summed E-state index contributed by atoms with van der Waals surface area (Å²) >= 11 is 7.24. The molecule has 0 spiro atoms. The highest BCUT2D eigenvalue weighted by atomic mass is 35.5. The van der Waals surface area contributed by atoms with Crippen molar-refractivity contribution in [3.05, 3.63) is 150 Å². The molecule has 1 aromatic heterocycles. The molecule has 0 unspecified atom stereocenters. The molecule has 1 aliphatic heterocycles. The molecule has 0 fully saturated rings. The van der Waals surface area contributed by atoms with Crippen molar-refractivity contribution < 1.29 is 23.7 Å². The van der Waals surface area contributed by atoms with Gasteiger partial charge in [0.15, 0.2) is 16.3 Å². The van der Waals surface area contributed by atoms with Crippen molar-refractivity contribution in [2.24, 2.45) is 4.99 Å². The number of hydrogen-bond acceptors (Lipinski definition) is 8. The largest absolute Gasteiger partial charge is 0.493 e. The lowest BCUT2D eigenvalue weighted by molar-refractivity contribution is -0.138. The number of esters is 1. The first-order valence-electron chi connectivity index (χ1n) is 14.9. The maximum absolute atomic E-state index is 14.2. The van der Waals surface area contributed by atoms with E-state index in [1.807, 2.05) is 91.0 Å². The van der Waals surface area contributed by atoms with Crippen molar-refractivity contribution in [1.82, 2.24) is 4.57 Å². The van der Waals surface area contributed by atoms with E-state index in [1.165, 1.54) is 11.3 Å². The van der Waals surface area contributed by atoms with Gasteiger partial charge in [-0.1, -0.05) is 83.6 Å². The predicted molar refractivity (Wildman–Crippen MR) is 183 cm³/mol. The van der Waals surface area contributed by atoms with Crippen LogP contribution in [0.4, 0.5) is 0 Å². The van der Waals surface area contributed by atoms with Crippen molar-refractivity contribution in [2.75, 3.05) is 20.8 Å². The highest BCUT2D eigenvalue weighted by molar-refractivity contribution is 7.07. The maximum Gasteiger partial charge on any atom is 0.338 e. The number of benzene rings is 4. The topological polar surface area (TPSA) is 88.4 Å². The minimum Gasteiger partial charge on any atom is -0.493 e. The third kappa shape index (κ3) is 6.72. The van der Waals surface area contributed by atoms with Crippen LogP contribution in [0.15, 0.2) is 112 Å². The van der Waals surface area contributed by atoms with Gasteiger partial charge in [0.05, 0.1) is 42.7 Å². The number of thiazole rings is 1. The van der Waals surface area contributed by atoms with E-state index >= 15 is 0 Å². The van der Waals surface area contributed by atoms with Gasteiger partial charge in [-0.2, -0.15) is 0 Å².